The van der Waals surface area contributed by atoms with Gasteiger partial charge in [0.2, 0.25) is 17.7 Å². The number of β-lactam (4-membered cyclic amide) rings is 1. The molecule has 16 heteroatoms. The first-order chi connectivity index (χ1) is 20.1. The number of aliphatic carboxylic acids is 1. The second-order valence-electron chi connectivity index (χ2n) is 11.4. The highest BCUT2D eigenvalue weighted by Gasteiger charge is 2.60. The van der Waals surface area contributed by atoms with Crippen molar-refractivity contribution < 1.29 is 29.1 Å². The molecular weight excluding hydrogens is 566 g/mol. The Hall–Kier alpha value is -3.37. The molecule has 0 saturated carbocycles. The number of nitrogens with two attached hydrogens (primary N) is 1. The van der Waals surface area contributed by atoms with Gasteiger partial charge in [0.25, 0.3) is 0 Å². The van der Waals surface area contributed by atoms with Crippen LogP contribution in [-0.4, -0.2) is 126 Å². The summed E-state index contributed by atoms with van der Waals surface area (Å²) in [4.78, 5) is 69.0. The number of amides is 3. The lowest BCUT2D eigenvalue weighted by Crippen LogP contribution is -2.62. The number of Topliss-reactive ketones (excluding diaryl/α,β-unsaturated/α-hetero) is 1. The van der Waals surface area contributed by atoms with Gasteiger partial charge in [0.15, 0.2) is 5.78 Å². The van der Waals surface area contributed by atoms with E-state index in [1.165, 1.54) is 27.7 Å². The van der Waals surface area contributed by atoms with Crippen LogP contribution in [0.15, 0.2) is 16.9 Å². The number of aromatic nitrogens is 4. The molecule has 0 unspecified atom stereocenters. The molecule has 3 amide bonds. The van der Waals surface area contributed by atoms with Gasteiger partial charge in [-0.3, -0.25) is 19.2 Å². The molecule has 42 heavy (non-hydrogen) atoms. The van der Waals surface area contributed by atoms with Gasteiger partial charge in [0.1, 0.15) is 18.6 Å². The number of ketones is 1. The molecule has 3 fully saturated rings. The molecule has 4 aliphatic rings. The van der Waals surface area contributed by atoms with E-state index in [9.17, 15) is 29.1 Å². The van der Waals surface area contributed by atoms with Gasteiger partial charge in [0.05, 0.1) is 18.0 Å². The lowest BCUT2D eigenvalue weighted by atomic mass is 9.73. The molecule has 1 aromatic heterocycles. The Bertz CT molecular complexity index is 1260. The smallest absolute Gasteiger partial charge is 0.353 e. The van der Waals surface area contributed by atoms with Crippen LogP contribution >= 0.6 is 11.8 Å². The van der Waals surface area contributed by atoms with Crippen molar-refractivity contribution in [1.29, 1.82) is 0 Å². The summed E-state index contributed by atoms with van der Waals surface area (Å²) < 4.78 is 1.33. The summed E-state index contributed by atoms with van der Waals surface area (Å²) in [7, 11) is 0. The zero-order chi connectivity index (χ0) is 30.1. The van der Waals surface area contributed by atoms with E-state index < -0.39 is 17.9 Å². The van der Waals surface area contributed by atoms with E-state index in [4.69, 9.17) is 5.73 Å². The van der Waals surface area contributed by atoms with Gasteiger partial charge in [-0.05, 0) is 22.8 Å². The van der Waals surface area contributed by atoms with Gasteiger partial charge in [-0.2, -0.15) is 0 Å². The van der Waals surface area contributed by atoms with Crippen molar-refractivity contribution in [3.05, 3.63) is 16.9 Å². The number of nitrogens with zero attached hydrogens (tertiary/aromatic N) is 7. The predicted octanol–water partition coefficient (Wildman–Crippen LogP) is -1.48. The molecule has 4 aliphatic heterocycles. The number of carboxylic acids is 1. The molecule has 5 rings (SSSR count). The van der Waals surface area contributed by atoms with Crippen LogP contribution in [0, 0.1) is 17.8 Å². The maximum atomic E-state index is 13.2. The zero-order valence-electron chi connectivity index (χ0n) is 23.7. The molecule has 4 N–H and O–H groups in total. The number of carbonyl (C=O) groups excluding carboxylic acids is 4. The van der Waals surface area contributed by atoms with E-state index in [0.717, 1.165) is 0 Å². The van der Waals surface area contributed by atoms with Gasteiger partial charge in [0, 0.05) is 68.2 Å². The minimum Gasteiger partial charge on any atom is -0.477 e. The zero-order valence-corrected chi connectivity index (χ0v) is 24.5. The first-order valence-electron chi connectivity index (χ1n) is 14.3. The molecule has 1 aromatic rings. The van der Waals surface area contributed by atoms with Crippen LogP contribution in [0.5, 0.6) is 0 Å². The number of carbonyl (C=O) groups is 5. The number of thioether (sulfide) groups is 1. The number of hydrogen-bond acceptors (Lipinski definition) is 11. The number of fused-ring (bicyclic) bond motifs is 1. The Balaban J connectivity index is 1.18. The lowest BCUT2D eigenvalue weighted by Gasteiger charge is -2.47. The maximum absolute atomic E-state index is 13.2. The number of rotatable bonds is 11. The molecule has 6 atom stereocenters. The third kappa shape index (κ3) is 5.79. The Morgan fingerprint density at radius 1 is 1.19 bits per heavy atom. The van der Waals surface area contributed by atoms with E-state index in [1.54, 1.807) is 9.80 Å². The van der Waals surface area contributed by atoms with Crippen LogP contribution in [-0.2, 0) is 30.5 Å². The van der Waals surface area contributed by atoms with Gasteiger partial charge in [-0.15, -0.1) is 16.9 Å². The van der Waals surface area contributed by atoms with E-state index >= 15 is 0 Å². The summed E-state index contributed by atoms with van der Waals surface area (Å²) in [6.07, 6.45) is 2.34. The monoisotopic (exact) mass is 603 g/mol. The first kappa shape index (κ1) is 30.1. The summed E-state index contributed by atoms with van der Waals surface area (Å²) in [6, 6.07) is -0.719. The van der Waals surface area contributed by atoms with Crippen LogP contribution in [0.25, 0.3) is 0 Å². The van der Waals surface area contributed by atoms with Crippen LogP contribution in [0.3, 0.4) is 0 Å². The fourth-order valence-corrected chi connectivity index (χ4v) is 8.07. The highest BCUT2D eigenvalue weighted by Crippen LogP contribution is 2.53. The van der Waals surface area contributed by atoms with Gasteiger partial charge >= 0.3 is 5.97 Å². The molecule has 0 aromatic carbocycles. The van der Waals surface area contributed by atoms with Gasteiger partial charge in [-0.25, -0.2) is 9.48 Å². The largest absolute Gasteiger partial charge is 0.477 e. The number of nitrogens with one attached hydrogen (secondary N) is 1. The van der Waals surface area contributed by atoms with Crippen LogP contribution in [0.4, 0.5) is 0 Å². The van der Waals surface area contributed by atoms with E-state index in [0.29, 0.717) is 57.0 Å². The first-order valence-corrected chi connectivity index (χ1v) is 15.2. The summed E-state index contributed by atoms with van der Waals surface area (Å²) in [5.41, 5.74) is 5.50. The number of tetrazole rings is 1. The Morgan fingerprint density at radius 3 is 2.55 bits per heavy atom. The van der Waals surface area contributed by atoms with Gasteiger partial charge < -0.3 is 30.9 Å². The average molecular weight is 604 g/mol. The van der Waals surface area contributed by atoms with Crippen molar-refractivity contribution in [2.75, 3.05) is 39.3 Å². The standard InChI is InChI=1S/C26H37N9O6S/c1-14(9-16(36)12-34-13-29-30-31-34)20-21-15(2)23(22(26(40)41)35(21)25(20)39)42-17-10-18(28-11-17)24(38)33-7-5-32(6-8-33)19(37)3-4-27/h13-15,17-18,20-21,28H,3-12,27H2,1-2H3,(H,40,41)/t14-,15+,17-,18-,20+,21+/m0/s1. The van der Waals surface area contributed by atoms with E-state index in [1.807, 2.05) is 13.8 Å². The Morgan fingerprint density at radius 2 is 1.90 bits per heavy atom. The topological polar surface area (TPSA) is 197 Å². The molecule has 0 radical (unpaired) electrons. The second-order valence-corrected chi connectivity index (χ2v) is 12.8. The summed E-state index contributed by atoms with van der Waals surface area (Å²) in [5, 5.41) is 24.1. The summed E-state index contributed by atoms with van der Waals surface area (Å²) in [5.74, 6) is -2.49. The fourth-order valence-electron chi connectivity index (χ4n) is 6.59. The van der Waals surface area contributed by atoms with Crippen LogP contribution in [0.1, 0.15) is 33.1 Å². The molecule has 0 aliphatic carbocycles. The Kier molecular flexibility index (Phi) is 8.94. The SMILES string of the molecule is C[C@@H](CC(=O)Cn1cnnn1)[C@H]1C(=O)N2C(C(=O)O)=C(S[C@@H]3CN[C@H](C(=O)N4CCN(C(=O)CCN)CC4)C3)[C@H](C)[C@H]12. The number of hydrogen-bond donors (Lipinski definition) is 3. The molecule has 5 heterocycles. The van der Waals surface area contributed by atoms with Crippen molar-refractivity contribution in [3.8, 4) is 0 Å². The quantitative estimate of drug-likeness (QED) is 0.249. The van der Waals surface area contributed by atoms with Crippen molar-refractivity contribution in [2.45, 2.75) is 57.0 Å². The molecule has 0 bridgehead atoms. The number of piperazine rings is 1. The highest BCUT2D eigenvalue weighted by molar-refractivity contribution is 8.03. The van der Waals surface area contributed by atoms with Crippen molar-refractivity contribution in [1.82, 2.24) is 40.2 Å². The minimum absolute atomic E-state index is 0.00370. The van der Waals surface area contributed by atoms with Crippen molar-refractivity contribution in [3.63, 3.8) is 0 Å². The van der Waals surface area contributed by atoms with Crippen molar-refractivity contribution >= 4 is 41.2 Å². The van der Waals surface area contributed by atoms with Crippen molar-refractivity contribution in [2.24, 2.45) is 23.5 Å². The molecule has 0 spiro atoms. The third-order valence-electron chi connectivity index (χ3n) is 8.67. The number of carboxylic acid groups (broad SMARTS) is 1. The molecule has 228 valence electrons. The predicted molar refractivity (Wildman–Crippen MR) is 149 cm³/mol. The van der Waals surface area contributed by atoms with Crippen LogP contribution < -0.4 is 11.1 Å². The second kappa shape index (κ2) is 12.5. The summed E-state index contributed by atoms with van der Waals surface area (Å²) in [6.45, 7) is 6.52. The van der Waals surface area contributed by atoms with Gasteiger partial charge in [-0.1, -0.05) is 13.8 Å². The average Bonchev–Trinajstić information content (AvgIpc) is 3.69. The van der Waals surface area contributed by atoms with E-state index in [-0.39, 0.29) is 65.3 Å². The molecule has 15 nitrogen and oxygen atoms in total. The highest BCUT2D eigenvalue weighted by atomic mass is 32.2. The normalized spacial score (nSPS) is 28.1. The maximum Gasteiger partial charge on any atom is 0.353 e. The third-order valence-corrected chi connectivity index (χ3v) is 10.2. The fraction of sp³-hybridized carbons (Fsp3) is 0.692. The van der Waals surface area contributed by atoms with E-state index in [2.05, 4.69) is 20.8 Å². The van der Waals surface area contributed by atoms with Crippen LogP contribution in [0.2, 0.25) is 0 Å². The minimum atomic E-state index is -1.15. The molecule has 3 saturated heterocycles. The Labute approximate surface area is 247 Å². The molecular formula is C26H37N9O6S. The lowest BCUT2D eigenvalue weighted by molar-refractivity contribution is -0.160. The summed E-state index contributed by atoms with van der Waals surface area (Å²) >= 11 is 1.43.